The van der Waals surface area contributed by atoms with Crippen molar-refractivity contribution < 1.29 is 14.3 Å². The summed E-state index contributed by atoms with van der Waals surface area (Å²) in [7, 11) is 1.31. The van der Waals surface area contributed by atoms with Crippen LogP contribution in [0.1, 0.15) is 10.4 Å². The number of benzene rings is 1. The molecule has 1 rings (SSSR count). The van der Waals surface area contributed by atoms with Crippen LogP contribution in [0.3, 0.4) is 0 Å². The SMILES string of the molecule is COC(=O)c1cccc(SN=C=O)c1. The second-order valence-electron chi connectivity index (χ2n) is 2.29. The highest BCUT2D eigenvalue weighted by molar-refractivity contribution is 7.98. The van der Waals surface area contributed by atoms with Crippen LogP contribution in [0.15, 0.2) is 33.6 Å². The number of nitrogens with zero attached hydrogens (tertiary/aromatic N) is 1. The van der Waals surface area contributed by atoms with Crippen LogP contribution in [0, 0.1) is 0 Å². The first-order chi connectivity index (χ1) is 6.77. The van der Waals surface area contributed by atoms with Gasteiger partial charge in [-0.15, -0.1) is 4.40 Å². The quantitative estimate of drug-likeness (QED) is 0.330. The van der Waals surface area contributed by atoms with Crippen molar-refractivity contribution >= 4 is 24.0 Å². The van der Waals surface area contributed by atoms with Crippen molar-refractivity contribution in [2.45, 2.75) is 4.90 Å². The first-order valence-corrected chi connectivity index (χ1v) is 4.48. The minimum absolute atomic E-state index is 0.414. The Hall–Kier alpha value is -1.58. The normalized spacial score (nSPS) is 8.93. The third kappa shape index (κ3) is 2.73. The smallest absolute Gasteiger partial charge is 0.337 e. The standard InChI is InChI=1S/C9H7NO3S/c1-13-9(12)7-3-2-4-8(5-7)14-10-6-11/h2-5H,1H3. The van der Waals surface area contributed by atoms with Gasteiger partial charge in [-0.2, -0.15) is 0 Å². The van der Waals surface area contributed by atoms with Crippen LogP contribution >= 0.6 is 11.9 Å². The fourth-order valence-corrected chi connectivity index (χ4v) is 1.33. The molecule has 0 bridgehead atoms. The van der Waals surface area contributed by atoms with E-state index < -0.39 is 5.97 Å². The molecule has 0 aliphatic carbocycles. The van der Waals surface area contributed by atoms with Gasteiger partial charge in [0.1, 0.15) is 0 Å². The van der Waals surface area contributed by atoms with E-state index in [1.165, 1.54) is 13.2 Å². The molecule has 0 spiro atoms. The van der Waals surface area contributed by atoms with Gasteiger partial charge in [-0.25, -0.2) is 9.59 Å². The largest absolute Gasteiger partial charge is 0.465 e. The third-order valence-electron chi connectivity index (χ3n) is 1.44. The molecule has 1 aromatic carbocycles. The zero-order valence-corrected chi connectivity index (χ0v) is 8.21. The topological polar surface area (TPSA) is 55.7 Å². The molecule has 0 aliphatic rings. The monoisotopic (exact) mass is 209 g/mol. The average Bonchev–Trinajstić information content (AvgIpc) is 2.25. The number of hydrogen-bond acceptors (Lipinski definition) is 5. The number of hydrogen-bond donors (Lipinski definition) is 0. The van der Waals surface area contributed by atoms with E-state index in [0.717, 1.165) is 11.9 Å². The minimum atomic E-state index is -0.414. The summed E-state index contributed by atoms with van der Waals surface area (Å²) < 4.78 is 7.87. The molecular formula is C9H7NO3S. The lowest BCUT2D eigenvalue weighted by Gasteiger charge is -1.99. The van der Waals surface area contributed by atoms with Gasteiger partial charge in [0.2, 0.25) is 6.08 Å². The number of rotatable bonds is 3. The van der Waals surface area contributed by atoms with Crippen LogP contribution in [0.5, 0.6) is 0 Å². The van der Waals surface area contributed by atoms with Gasteiger partial charge in [-0.05, 0) is 18.2 Å². The maximum Gasteiger partial charge on any atom is 0.337 e. The molecule has 0 radical (unpaired) electrons. The number of ether oxygens (including phenoxy) is 1. The predicted octanol–water partition coefficient (Wildman–Crippen LogP) is 1.82. The van der Waals surface area contributed by atoms with Crippen molar-refractivity contribution in [2.75, 3.05) is 7.11 Å². The predicted molar refractivity (Wildman–Crippen MR) is 51.8 cm³/mol. The maximum atomic E-state index is 11.1. The highest BCUT2D eigenvalue weighted by Crippen LogP contribution is 2.19. The van der Waals surface area contributed by atoms with Crippen molar-refractivity contribution in [1.29, 1.82) is 0 Å². The highest BCUT2D eigenvalue weighted by Gasteiger charge is 2.05. The first-order valence-electron chi connectivity index (χ1n) is 3.70. The molecule has 0 fully saturated rings. The van der Waals surface area contributed by atoms with E-state index in [4.69, 9.17) is 0 Å². The third-order valence-corrected chi connectivity index (χ3v) is 2.07. The Kier molecular flexibility index (Phi) is 3.91. The van der Waals surface area contributed by atoms with Crippen molar-refractivity contribution in [3.63, 3.8) is 0 Å². The average molecular weight is 209 g/mol. The Morgan fingerprint density at radius 1 is 1.57 bits per heavy atom. The first kappa shape index (κ1) is 10.5. The van der Waals surface area contributed by atoms with Crippen LogP contribution in [0.2, 0.25) is 0 Å². The molecule has 14 heavy (non-hydrogen) atoms. The summed E-state index contributed by atoms with van der Waals surface area (Å²) in [5.41, 5.74) is 0.429. The molecular weight excluding hydrogens is 202 g/mol. The lowest BCUT2D eigenvalue weighted by Crippen LogP contribution is -2.00. The van der Waals surface area contributed by atoms with Gasteiger partial charge in [0.05, 0.1) is 12.7 Å². The summed E-state index contributed by atoms with van der Waals surface area (Å²) in [5, 5.41) is 0. The molecule has 0 N–H and O–H groups in total. The highest BCUT2D eigenvalue weighted by atomic mass is 32.2. The maximum absolute atomic E-state index is 11.1. The van der Waals surface area contributed by atoms with Crippen LogP contribution in [-0.4, -0.2) is 19.2 Å². The summed E-state index contributed by atoms with van der Waals surface area (Å²) in [6.45, 7) is 0. The second kappa shape index (κ2) is 5.21. The van der Waals surface area contributed by atoms with E-state index in [1.54, 1.807) is 24.3 Å². The fourth-order valence-electron chi connectivity index (χ4n) is 0.869. The molecule has 0 aliphatic heterocycles. The van der Waals surface area contributed by atoms with Crippen LogP contribution < -0.4 is 0 Å². The Bertz CT molecular complexity index is 385. The van der Waals surface area contributed by atoms with Crippen molar-refractivity contribution in [1.82, 2.24) is 0 Å². The summed E-state index contributed by atoms with van der Waals surface area (Å²) >= 11 is 0.956. The lowest BCUT2D eigenvalue weighted by atomic mass is 10.2. The van der Waals surface area contributed by atoms with E-state index in [-0.39, 0.29) is 0 Å². The Morgan fingerprint density at radius 2 is 2.36 bits per heavy atom. The molecule has 0 unspecified atom stereocenters. The summed E-state index contributed by atoms with van der Waals surface area (Å²) in [4.78, 5) is 21.6. The number of carbonyl (C=O) groups is 1. The molecule has 4 nitrogen and oxygen atoms in total. The molecule has 72 valence electrons. The van der Waals surface area contributed by atoms with Crippen LogP contribution in [0.4, 0.5) is 0 Å². The summed E-state index contributed by atoms with van der Waals surface area (Å²) in [6, 6.07) is 6.64. The fraction of sp³-hybridized carbons (Fsp3) is 0.111. The molecule has 0 saturated carbocycles. The van der Waals surface area contributed by atoms with E-state index >= 15 is 0 Å². The second-order valence-corrected chi connectivity index (χ2v) is 3.13. The Balaban J connectivity index is 2.88. The zero-order valence-electron chi connectivity index (χ0n) is 7.39. The number of methoxy groups -OCH3 is 1. The van der Waals surface area contributed by atoms with Gasteiger partial charge in [0, 0.05) is 16.8 Å². The minimum Gasteiger partial charge on any atom is -0.465 e. The number of esters is 1. The summed E-state index contributed by atoms with van der Waals surface area (Å²) in [6.07, 6.45) is 1.40. The van der Waals surface area contributed by atoms with Gasteiger partial charge in [0.25, 0.3) is 0 Å². The molecule has 0 aromatic heterocycles. The van der Waals surface area contributed by atoms with E-state index in [1.807, 2.05) is 0 Å². The van der Waals surface area contributed by atoms with Crippen molar-refractivity contribution in [2.24, 2.45) is 4.40 Å². The van der Waals surface area contributed by atoms with E-state index in [2.05, 4.69) is 9.13 Å². The van der Waals surface area contributed by atoms with Gasteiger partial charge >= 0.3 is 5.97 Å². The molecule has 5 heteroatoms. The van der Waals surface area contributed by atoms with E-state index in [9.17, 15) is 9.59 Å². The van der Waals surface area contributed by atoms with E-state index in [0.29, 0.717) is 10.5 Å². The Morgan fingerprint density at radius 3 is 3.00 bits per heavy atom. The molecule has 0 atom stereocenters. The Labute approximate surface area is 85.1 Å². The molecule has 0 heterocycles. The van der Waals surface area contributed by atoms with Crippen LogP contribution in [0.25, 0.3) is 0 Å². The van der Waals surface area contributed by atoms with Crippen LogP contribution in [-0.2, 0) is 9.53 Å². The lowest BCUT2D eigenvalue weighted by molar-refractivity contribution is 0.0600. The van der Waals surface area contributed by atoms with Gasteiger partial charge in [0.15, 0.2) is 0 Å². The number of carbonyl (C=O) groups excluding carboxylic acids is 2. The van der Waals surface area contributed by atoms with Gasteiger partial charge < -0.3 is 4.74 Å². The van der Waals surface area contributed by atoms with Crippen molar-refractivity contribution in [3.8, 4) is 0 Å². The van der Waals surface area contributed by atoms with Gasteiger partial charge in [-0.1, -0.05) is 6.07 Å². The zero-order chi connectivity index (χ0) is 10.4. The van der Waals surface area contributed by atoms with Gasteiger partial charge in [-0.3, -0.25) is 0 Å². The number of isocyanates is 1. The molecule has 0 saturated heterocycles. The molecule has 0 amide bonds. The summed E-state index contributed by atoms with van der Waals surface area (Å²) in [5.74, 6) is -0.414. The molecule has 1 aromatic rings. The van der Waals surface area contributed by atoms with Crippen molar-refractivity contribution in [3.05, 3.63) is 29.8 Å².